The van der Waals surface area contributed by atoms with Crippen molar-refractivity contribution in [1.29, 1.82) is 5.26 Å². The standard InChI is InChI=1S/C19H17BrN2O4/c1-25-15-8-9-17(20)16(12-15)19(24)26-13-18(23)22(11-5-10-21)14-6-3-2-4-7-14/h2-4,6-9,12H,5,11,13H2,1H3. The van der Waals surface area contributed by atoms with Gasteiger partial charge >= 0.3 is 5.97 Å². The molecule has 0 N–H and O–H groups in total. The van der Waals surface area contributed by atoms with E-state index >= 15 is 0 Å². The van der Waals surface area contributed by atoms with Gasteiger partial charge in [-0.2, -0.15) is 5.26 Å². The van der Waals surface area contributed by atoms with Crippen molar-refractivity contribution >= 4 is 33.5 Å². The van der Waals surface area contributed by atoms with Crippen molar-refractivity contribution in [2.45, 2.75) is 6.42 Å². The Morgan fingerprint density at radius 2 is 1.92 bits per heavy atom. The van der Waals surface area contributed by atoms with Crippen LogP contribution in [0.5, 0.6) is 5.75 Å². The molecule has 0 aromatic heterocycles. The summed E-state index contributed by atoms with van der Waals surface area (Å²) in [6.07, 6.45) is 0.177. The van der Waals surface area contributed by atoms with Gasteiger partial charge in [-0.1, -0.05) is 18.2 Å². The largest absolute Gasteiger partial charge is 0.497 e. The fourth-order valence-corrected chi connectivity index (χ4v) is 2.65. The number of benzene rings is 2. The van der Waals surface area contributed by atoms with Crippen molar-refractivity contribution in [2.75, 3.05) is 25.2 Å². The van der Waals surface area contributed by atoms with Crippen molar-refractivity contribution in [2.24, 2.45) is 0 Å². The molecule has 0 radical (unpaired) electrons. The smallest absolute Gasteiger partial charge is 0.339 e. The minimum absolute atomic E-state index is 0.177. The summed E-state index contributed by atoms with van der Waals surface area (Å²) in [5, 5.41) is 8.80. The van der Waals surface area contributed by atoms with Gasteiger partial charge in [-0.25, -0.2) is 4.79 Å². The van der Waals surface area contributed by atoms with Gasteiger partial charge < -0.3 is 14.4 Å². The second kappa shape index (κ2) is 9.59. The molecule has 134 valence electrons. The maximum Gasteiger partial charge on any atom is 0.339 e. The Kier molecular flexibility index (Phi) is 7.18. The Bertz CT molecular complexity index is 818. The van der Waals surface area contributed by atoms with Gasteiger partial charge in [0.2, 0.25) is 0 Å². The molecular formula is C19H17BrN2O4. The zero-order chi connectivity index (χ0) is 18.9. The number of rotatable bonds is 7. The second-order valence-electron chi connectivity index (χ2n) is 5.21. The van der Waals surface area contributed by atoms with Crippen molar-refractivity contribution in [1.82, 2.24) is 0 Å². The number of nitriles is 1. The molecule has 7 heteroatoms. The summed E-state index contributed by atoms with van der Waals surface area (Å²) < 4.78 is 10.8. The Balaban J connectivity index is 2.07. The fourth-order valence-electron chi connectivity index (χ4n) is 2.24. The highest BCUT2D eigenvalue weighted by molar-refractivity contribution is 9.10. The van der Waals surface area contributed by atoms with Crippen LogP contribution >= 0.6 is 15.9 Å². The van der Waals surface area contributed by atoms with Gasteiger partial charge in [-0.15, -0.1) is 0 Å². The lowest BCUT2D eigenvalue weighted by molar-refractivity contribution is -0.121. The Hall–Kier alpha value is -2.85. The van der Waals surface area contributed by atoms with Gasteiger partial charge in [0.25, 0.3) is 5.91 Å². The summed E-state index contributed by atoms with van der Waals surface area (Å²) in [4.78, 5) is 26.2. The van der Waals surface area contributed by atoms with Gasteiger partial charge in [0, 0.05) is 16.7 Å². The van der Waals surface area contributed by atoms with Gasteiger partial charge in [0.1, 0.15) is 5.75 Å². The number of hydrogen-bond acceptors (Lipinski definition) is 5. The van der Waals surface area contributed by atoms with E-state index in [1.165, 1.54) is 18.1 Å². The monoisotopic (exact) mass is 416 g/mol. The van der Waals surface area contributed by atoms with Crippen molar-refractivity contribution in [3.05, 3.63) is 58.6 Å². The molecule has 0 aliphatic rings. The first-order valence-electron chi connectivity index (χ1n) is 7.80. The molecule has 0 spiro atoms. The lowest BCUT2D eigenvalue weighted by Crippen LogP contribution is -2.35. The third-order valence-electron chi connectivity index (χ3n) is 3.54. The summed E-state index contributed by atoms with van der Waals surface area (Å²) in [5.41, 5.74) is 0.909. The number of methoxy groups -OCH3 is 1. The molecule has 0 unspecified atom stereocenters. The number of hydrogen-bond donors (Lipinski definition) is 0. The predicted octanol–water partition coefficient (Wildman–Crippen LogP) is 3.56. The number of anilines is 1. The maximum atomic E-state index is 12.5. The Labute approximate surface area is 160 Å². The van der Waals surface area contributed by atoms with Crippen LogP contribution in [0, 0.1) is 11.3 Å². The van der Waals surface area contributed by atoms with E-state index < -0.39 is 18.5 Å². The molecule has 0 saturated carbocycles. The van der Waals surface area contributed by atoms with E-state index in [0.717, 1.165) is 0 Å². The van der Waals surface area contributed by atoms with Crippen LogP contribution in [0.3, 0.4) is 0 Å². The molecule has 0 bridgehead atoms. The fraction of sp³-hybridized carbons (Fsp3) is 0.211. The van der Waals surface area contributed by atoms with Crippen molar-refractivity contribution in [3.63, 3.8) is 0 Å². The van der Waals surface area contributed by atoms with Crippen LogP contribution in [-0.4, -0.2) is 32.1 Å². The normalized spacial score (nSPS) is 9.88. The summed E-state index contributed by atoms with van der Waals surface area (Å²) in [6.45, 7) is -0.206. The first kappa shape index (κ1) is 19.5. The van der Waals surface area contributed by atoms with E-state index in [4.69, 9.17) is 14.7 Å². The molecule has 0 aliphatic carbocycles. The zero-order valence-electron chi connectivity index (χ0n) is 14.1. The van der Waals surface area contributed by atoms with Gasteiger partial charge in [0.15, 0.2) is 6.61 Å². The van der Waals surface area contributed by atoms with E-state index in [9.17, 15) is 9.59 Å². The lowest BCUT2D eigenvalue weighted by Gasteiger charge is -2.21. The molecule has 6 nitrogen and oxygen atoms in total. The molecule has 0 atom stereocenters. The van der Waals surface area contributed by atoms with E-state index in [1.54, 1.807) is 36.4 Å². The highest BCUT2D eigenvalue weighted by Gasteiger charge is 2.19. The maximum absolute atomic E-state index is 12.5. The first-order valence-corrected chi connectivity index (χ1v) is 8.59. The molecule has 0 aliphatic heterocycles. The summed E-state index contributed by atoms with van der Waals surface area (Å²) in [7, 11) is 1.49. The third-order valence-corrected chi connectivity index (χ3v) is 4.23. The minimum Gasteiger partial charge on any atom is -0.497 e. The minimum atomic E-state index is -0.641. The lowest BCUT2D eigenvalue weighted by atomic mass is 10.2. The van der Waals surface area contributed by atoms with Gasteiger partial charge in [-0.3, -0.25) is 4.79 Å². The molecule has 0 saturated heterocycles. The molecule has 0 fully saturated rings. The zero-order valence-corrected chi connectivity index (χ0v) is 15.7. The van der Waals surface area contributed by atoms with Crippen LogP contribution in [0.1, 0.15) is 16.8 Å². The summed E-state index contributed by atoms with van der Waals surface area (Å²) in [6, 6.07) is 15.8. The predicted molar refractivity (Wildman–Crippen MR) is 100 cm³/mol. The number of amides is 1. The topological polar surface area (TPSA) is 79.6 Å². The summed E-state index contributed by atoms with van der Waals surface area (Å²) in [5.74, 6) is -0.539. The van der Waals surface area contributed by atoms with Crippen molar-refractivity contribution < 1.29 is 19.1 Å². The van der Waals surface area contributed by atoms with Gasteiger partial charge in [0.05, 0.1) is 25.2 Å². The van der Waals surface area contributed by atoms with Crippen LogP contribution in [-0.2, 0) is 9.53 Å². The summed E-state index contributed by atoms with van der Waals surface area (Å²) >= 11 is 3.28. The number of ether oxygens (including phenoxy) is 2. The average molecular weight is 417 g/mol. The van der Waals surface area contributed by atoms with Crippen molar-refractivity contribution in [3.8, 4) is 11.8 Å². The Morgan fingerprint density at radius 1 is 1.19 bits per heavy atom. The van der Waals surface area contributed by atoms with E-state index in [0.29, 0.717) is 15.9 Å². The number of para-hydroxylation sites is 1. The molecule has 2 aromatic rings. The molecular weight excluding hydrogens is 400 g/mol. The second-order valence-corrected chi connectivity index (χ2v) is 6.07. The molecule has 2 rings (SSSR count). The van der Waals surface area contributed by atoms with Crippen LogP contribution in [0.2, 0.25) is 0 Å². The average Bonchev–Trinajstić information content (AvgIpc) is 2.67. The quantitative estimate of drug-likeness (QED) is 0.644. The number of carbonyl (C=O) groups excluding carboxylic acids is 2. The third kappa shape index (κ3) is 5.07. The number of carbonyl (C=O) groups is 2. The van der Waals surface area contributed by atoms with Crippen LogP contribution < -0.4 is 9.64 Å². The first-order chi connectivity index (χ1) is 12.6. The van der Waals surface area contributed by atoms with E-state index in [2.05, 4.69) is 15.9 Å². The van der Waals surface area contributed by atoms with E-state index in [-0.39, 0.29) is 18.5 Å². The van der Waals surface area contributed by atoms with E-state index in [1.807, 2.05) is 12.1 Å². The molecule has 26 heavy (non-hydrogen) atoms. The highest BCUT2D eigenvalue weighted by Crippen LogP contribution is 2.23. The SMILES string of the molecule is COc1ccc(Br)c(C(=O)OCC(=O)N(CCC#N)c2ccccc2)c1. The Morgan fingerprint density at radius 3 is 2.58 bits per heavy atom. The molecule has 2 aromatic carbocycles. The van der Waals surface area contributed by atoms with Gasteiger partial charge in [-0.05, 0) is 46.3 Å². The molecule has 0 heterocycles. The molecule has 1 amide bonds. The highest BCUT2D eigenvalue weighted by atomic mass is 79.9. The number of halogens is 1. The van der Waals surface area contributed by atoms with Crippen LogP contribution in [0.4, 0.5) is 5.69 Å². The van der Waals surface area contributed by atoms with Crippen LogP contribution in [0.25, 0.3) is 0 Å². The number of nitrogens with zero attached hydrogens (tertiary/aromatic N) is 2. The number of esters is 1. The van der Waals surface area contributed by atoms with Crippen LogP contribution in [0.15, 0.2) is 53.0 Å².